The van der Waals surface area contributed by atoms with Crippen molar-refractivity contribution in [2.45, 2.75) is 32.1 Å². The molecule has 0 aromatic carbocycles. The average molecular weight is 447 g/mol. The first kappa shape index (κ1) is 24.0. The summed E-state index contributed by atoms with van der Waals surface area (Å²) >= 11 is 5.90. The van der Waals surface area contributed by atoms with Crippen LogP contribution in [0, 0.1) is 17.7 Å². The van der Waals surface area contributed by atoms with Crippen LogP contribution in [-0.2, 0) is 14.3 Å². The fraction of sp³-hybridized carbons (Fsp3) is 0.667. The maximum Gasteiger partial charge on any atom is 0.243 e. The molecule has 1 aliphatic rings. The third kappa shape index (κ3) is 6.92. The molecule has 168 valence electrons. The number of carbonyl (C=O) groups is 2. The molecule has 30 heavy (non-hydrogen) atoms. The van der Waals surface area contributed by atoms with Gasteiger partial charge in [0.25, 0.3) is 0 Å². The van der Waals surface area contributed by atoms with Gasteiger partial charge in [0.05, 0.1) is 19.1 Å². The molecule has 0 radical (unpaired) electrons. The van der Waals surface area contributed by atoms with Crippen LogP contribution in [0.5, 0.6) is 0 Å². The number of hydroxylamine groups is 2. The number of hydrogen-bond acceptors (Lipinski definition) is 8. The highest BCUT2D eigenvalue weighted by atomic mass is 35.5. The van der Waals surface area contributed by atoms with Crippen molar-refractivity contribution >= 4 is 35.6 Å². The number of anilines is 2. The summed E-state index contributed by atoms with van der Waals surface area (Å²) in [6.07, 6.45) is 4.94. The van der Waals surface area contributed by atoms with Crippen molar-refractivity contribution < 1.29 is 23.9 Å². The summed E-state index contributed by atoms with van der Waals surface area (Å²) in [5, 5.41) is 9.77. The van der Waals surface area contributed by atoms with E-state index in [1.807, 2.05) is 0 Å². The molecule has 3 N–H and O–H groups in total. The minimum Gasteiger partial charge on any atom is -0.383 e. The predicted molar refractivity (Wildman–Crippen MR) is 109 cm³/mol. The Morgan fingerprint density at radius 1 is 1.43 bits per heavy atom. The second kappa shape index (κ2) is 11.8. The molecule has 1 aromatic heterocycles. The summed E-state index contributed by atoms with van der Waals surface area (Å²) in [5.41, 5.74) is 4.85. The molecule has 2 rings (SSSR count). The van der Waals surface area contributed by atoms with E-state index in [1.165, 1.54) is 12.0 Å². The predicted octanol–water partition coefficient (Wildman–Crippen LogP) is 1.84. The van der Waals surface area contributed by atoms with Gasteiger partial charge in [0, 0.05) is 20.7 Å². The molecular weight excluding hydrogens is 419 g/mol. The molecule has 10 nitrogen and oxygen atoms in total. The number of halogens is 2. The fourth-order valence-electron chi connectivity index (χ4n) is 3.48. The zero-order chi connectivity index (χ0) is 22.1. The van der Waals surface area contributed by atoms with Crippen LogP contribution < -0.4 is 15.8 Å². The first-order valence-corrected chi connectivity index (χ1v) is 10.1. The maximum absolute atomic E-state index is 14.8. The lowest BCUT2D eigenvalue weighted by Gasteiger charge is -2.23. The van der Waals surface area contributed by atoms with E-state index < -0.39 is 17.6 Å². The van der Waals surface area contributed by atoms with E-state index in [-0.39, 0.29) is 29.9 Å². The van der Waals surface area contributed by atoms with Crippen molar-refractivity contribution in [1.82, 2.24) is 20.5 Å². The Bertz CT molecular complexity index is 722. The van der Waals surface area contributed by atoms with Crippen molar-refractivity contribution in [3.05, 3.63) is 11.1 Å². The summed E-state index contributed by atoms with van der Waals surface area (Å²) in [4.78, 5) is 32.6. The van der Waals surface area contributed by atoms with E-state index in [0.29, 0.717) is 30.6 Å². The Kier molecular flexibility index (Phi) is 9.47. The second-order valence-corrected chi connectivity index (χ2v) is 7.66. The minimum absolute atomic E-state index is 0.0474. The monoisotopic (exact) mass is 446 g/mol. The van der Waals surface area contributed by atoms with E-state index in [4.69, 9.17) is 16.3 Å². The molecule has 12 heteroatoms. The SMILES string of the molecule is COCCN(C)c1nc(Cl)nc(NNC(=O)[C@H](CC2CCCC2)CN(O)C=O)c1F. The average Bonchev–Trinajstić information content (AvgIpc) is 3.24. The molecule has 0 aliphatic heterocycles. The number of nitrogens with zero attached hydrogens (tertiary/aromatic N) is 4. The lowest BCUT2D eigenvalue weighted by molar-refractivity contribution is -0.154. The van der Waals surface area contributed by atoms with Crippen molar-refractivity contribution in [2.75, 3.05) is 44.2 Å². The molecule has 1 saturated carbocycles. The van der Waals surface area contributed by atoms with Crippen molar-refractivity contribution in [2.24, 2.45) is 11.8 Å². The van der Waals surface area contributed by atoms with Gasteiger partial charge < -0.3 is 9.64 Å². The van der Waals surface area contributed by atoms with Gasteiger partial charge in [-0.2, -0.15) is 14.4 Å². The zero-order valence-corrected chi connectivity index (χ0v) is 17.9. The van der Waals surface area contributed by atoms with Gasteiger partial charge in [-0.3, -0.25) is 25.6 Å². The third-order valence-electron chi connectivity index (χ3n) is 5.10. The molecule has 1 aliphatic carbocycles. The number of methoxy groups -OCH3 is 1. The lowest BCUT2D eigenvalue weighted by Crippen LogP contribution is -2.41. The normalized spacial score (nSPS) is 15.0. The molecule has 1 atom stereocenters. The first-order chi connectivity index (χ1) is 14.3. The number of amides is 2. The molecule has 2 amide bonds. The van der Waals surface area contributed by atoms with Gasteiger partial charge in [0.15, 0.2) is 11.6 Å². The van der Waals surface area contributed by atoms with Crippen molar-refractivity contribution in [3.63, 3.8) is 0 Å². The van der Waals surface area contributed by atoms with Crippen molar-refractivity contribution in [3.8, 4) is 0 Å². The minimum atomic E-state index is -0.790. The van der Waals surface area contributed by atoms with Gasteiger partial charge in [0.2, 0.25) is 23.4 Å². The molecule has 1 fully saturated rings. The van der Waals surface area contributed by atoms with Crippen LogP contribution in [0.4, 0.5) is 16.0 Å². The number of likely N-dealkylation sites (N-methyl/N-ethyl adjacent to an activating group) is 1. The standard InChI is InChI=1S/C18H28ClFN6O4/c1-25(7-8-30-2)16-14(20)15(21-18(19)22-16)23-24-17(28)13(10-26(29)11-27)9-12-5-3-4-6-12/h11-13,29H,3-10H2,1-2H3,(H,24,28)(H,21,22,23)/t13-/m1/s1. The van der Waals surface area contributed by atoms with Gasteiger partial charge >= 0.3 is 0 Å². The Morgan fingerprint density at radius 3 is 2.77 bits per heavy atom. The summed E-state index contributed by atoms with van der Waals surface area (Å²) in [6, 6.07) is 0. The first-order valence-electron chi connectivity index (χ1n) is 9.75. The Morgan fingerprint density at radius 2 is 2.13 bits per heavy atom. The van der Waals surface area contributed by atoms with E-state index in [9.17, 15) is 19.2 Å². The summed E-state index contributed by atoms with van der Waals surface area (Å²) in [5.74, 6) is -1.95. The molecule has 1 heterocycles. The quantitative estimate of drug-likeness (QED) is 0.192. The van der Waals surface area contributed by atoms with E-state index in [1.54, 1.807) is 7.05 Å². The summed E-state index contributed by atoms with van der Waals surface area (Å²) in [6.45, 7) is 0.563. The van der Waals surface area contributed by atoms with Crippen LogP contribution >= 0.6 is 11.6 Å². The van der Waals surface area contributed by atoms with Crippen LogP contribution in [0.25, 0.3) is 0 Å². The molecular formula is C18H28ClFN6O4. The van der Waals surface area contributed by atoms with Crippen LogP contribution in [0.1, 0.15) is 32.1 Å². The Hall–Kier alpha value is -2.24. The van der Waals surface area contributed by atoms with E-state index in [2.05, 4.69) is 20.8 Å². The summed E-state index contributed by atoms with van der Waals surface area (Å²) < 4.78 is 19.8. The van der Waals surface area contributed by atoms with Gasteiger partial charge in [-0.05, 0) is 23.9 Å². The highest BCUT2D eigenvalue weighted by Crippen LogP contribution is 2.30. The molecule has 0 bridgehead atoms. The zero-order valence-electron chi connectivity index (χ0n) is 17.1. The van der Waals surface area contributed by atoms with Gasteiger partial charge in [-0.1, -0.05) is 25.7 Å². The smallest absolute Gasteiger partial charge is 0.243 e. The number of nitrogens with one attached hydrogen (secondary N) is 2. The van der Waals surface area contributed by atoms with E-state index >= 15 is 0 Å². The van der Waals surface area contributed by atoms with E-state index in [0.717, 1.165) is 25.7 Å². The third-order valence-corrected chi connectivity index (χ3v) is 5.26. The van der Waals surface area contributed by atoms with Crippen molar-refractivity contribution in [1.29, 1.82) is 0 Å². The summed E-state index contributed by atoms with van der Waals surface area (Å²) in [7, 11) is 3.15. The van der Waals surface area contributed by atoms with Gasteiger partial charge in [-0.25, -0.2) is 5.06 Å². The number of hydrogen-bond donors (Lipinski definition) is 3. The lowest BCUT2D eigenvalue weighted by atomic mass is 9.92. The van der Waals surface area contributed by atoms with Crippen LogP contribution in [0.15, 0.2) is 0 Å². The van der Waals surface area contributed by atoms with Crippen LogP contribution in [0.2, 0.25) is 5.28 Å². The van der Waals surface area contributed by atoms with Gasteiger partial charge in [0.1, 0.15) is 0 Å². The number of ether oxygens (including phenoxy) is 1. The molecule has 0 unspecified atom stereocenters. The maximum atomic E-state index is 14.8. The second-order valence-electron chi connectivity index (χ2n) is 7.32. The molecule has 0 spiro atoms. The highest BCUT2D eigenvalue weighted by molar-refractivity contribution is 6.28. The van der Waals surface area contributed by atoms with Crippen LogP contribution in [0.3, 0.4) is 0 Å². The highest BCUT2D eigenvalue weighted by Gasteiger charge is 2.27. The van der Waals surface area contributed by atoms with Gasteiger partial charge in [-0.15, -0.1) is 0 Å². The fourth-order valence-corrected chi connectivity index (χ4v) is 3.65. The largest absolute Gasteiger partial charge is 0.383 e. The molecule has 1 aromatic rings. The number of hydrazine groups is 1. The topological polar surface area (TPSA) is 120 Å². The Labute approximate surface area is 179 Å². The number of aromatic nitrogens is 2. The number of rotatable bonds is 12. The Balaban J connectivity index is 2.07. The number of carbonyl (C=O) groups excluding carboxylic acids is 2. The van der Waals surface area contributed by atoms with Crippen LogP contribution in [-0.4, -0.2) is 66.4 Å². The molecule has 0 saturated heterocycles.